The van der Waals surface area contributed by atoms with Crippen LogP contribution in [0.2, 0.25) is 0 Å². The predicted molar refractivity (Wildman–Crippen MR) is 80.5 cm³/mol. The number of aromatic nitrogens is 1. The van der Waals surface area contributed by atoms with Crippen molar-refractivity contribution in [3.8, 4) is 0 Å². The minimum Gasteiger partial charge on any atom is -0.398 e. The molecule has 0 saturated carbocycles. The number of carbonyl (C=O) groups is 1. The molecule has 1 heterocycles. The van der Waals surface area contributed by atoms with Crippen LogP contribution in [-0.4, -0.2) is 17.4 Å². The molecule has 0 radical (unpaired) electrons. The van der Waals surface area contributed by atoms with Crippen molar-refractivity contribution in [2.45, 2.75) is 19.3 Å². The summed E-state index contributed by atoms with van der Waals surface area (Å²) in [6.07, 6.45) is 3.95. The first-order chi connectivity index (χ1) is 9.68. The number of nitrogens with two attached hydrogens (primary N) is 1. The quantitative estimate of drug-likeness (QED) is 0.876. The fraction of sp³-hybridized carbons (Fsp3) is 0.250. The summed E-state index contributed by atoms with van der Waals surface area (Å²) in [6, 6.07) is 11.9. The zero-order valence-electron chi connectivity index (χ0n) is 11.5. The summed E-state index contributed by atoms with van der Waals surface area (Å²) in [4.78, 5) is 15.9. The van der Waals surface area contributed by atoms with Gasteiger partial charge in [0.2, 0.25) is 0 Å². The molecule has 0 spiro atoms. The Hall–Kier alpha value is -2.36. The monoisotopic (exact) mass is 269 g/mol. The number of benzene rings is 1. The number of hydrogen-bond donors (Lipinski definition) is 2. The molecule has 3 N–H and O–H groups in total. The van der Waals surface area contributed by atoms with Crippen LogP contribution in [0.3, 0.4) is 0 Å². The van der Waals surface area contributed by atoms with Gasteiger partial charge in [-0.25, -0.2) is 0 Å². The average molecular weight is 269 g/mol. The van der Waals surface area contributed by atoms with Gasteiger partial charge in [-0.2, -0.15) is 0 Å². The third kappa shape index (κ3) is 3.57. The fourth-order valence-corrected chi connectivity index (χ4v) is 2.04. The highest BCUT2D eigenvalue weighted by Gasteiger charge is 2.10. The lowest BCUT2D eigenvalue weighted by Crippen LogP contribution is -2.26. The predicted octanol–water partition coefficient (Wildman–Crippen LogP) is 2.59. The molecule has 0 saturated heterocycles. The summed E-state index contributed by atoms with van der Waals surface area (Å²) < 4.78 is 0. The maximum atomic E-state index is 12.0. The van der Waals surface area contributed by atoms with Crippen molar-refractivity contribution < 1.29 is 4.79 Å². The Morgan fingerprint density at radius 2 is 2.05 bits per heavy atom. The molecule has 1 aromatic carbocycles. The topological polar surface area (TPSA) is 68.0 Å². The summed E-state index contributed by atoms with van der Waals surface area (Å²) in [6.45, 7) is 2.77. The van der Waals surface area contributed by atoms with Crippen LogP contribution >= 0.6 is 0 Å². The van der Waals surface area contributed by atoms with Crippen molar-refractivity contribution in [3.05, 3.63) is 59.9 Å². The van der Waals surface area contributed by atoms with Crippen LogP contribution in [0, 0.1) is 0 Å². The lowest BCUT2D eigenvalue weighted by atomic mass is 9.98. The van der Waals surface area contributed by atoms with Crippen molar-refractivity contribution in [1.82, 2.24) is 10.3 Å². The molecular weight excluding hydrogens is 250 g/mol. The average Bonchev–Trinajstić information content (AvgIpc) is 2.48. The Balaban J connectivity index is 1.84. The molecule has 0 bridgehead atoms. The zero-order valence-corrected chi connectivity index (χ0v) is 11.5. The van der Waals surface area contributed by atoms with Crippen LogP contribution in [0.25, 0.3) is 0 Å². The van der Waals surface area contributed by atoms with Crippen LogP contribution in [0.4, 0.5) is 5.69 Å². The molecule has 0 aliphatic carbocycles. The zero-order chi connectivity index (χ0) is 14.4. The summed E-state index contributed by atoms with van der Waals surface area (Å²) in [7, 11) is 0. The number of carbonyl (C=O) groups excluding carboxylic acids is 1. The Morgan fingerprint density at radius 1 is 1.30 bits per heavy atom. The van der Waals surface area contributed by atoms with Crippen LogP contribution < -0.4 is 11.1 Å². The van der Waals surface area contributed by atoms with E-state index in [-0.39, 0.29) is 5.91 Å². The Kier molecular flexibility index (Phi) is 4.71. The second-order valence-corrected chi connectivity index (χ2v) is 4.82. The Labute approximate surface area is 119 Å². The van der Waals surface area contributed by atoms with Gasteiger partial charge in [-0.1, -0.05) is 37.3 Å². The molecule has 1 aromatic heterocycles. The number of nitrogens with one attached hydrogen (secondary N) is 1. The second kappa shape index (κ2) is 6.70. The maximum Gasteiger partial charge on any atom is 0.254 e. The molecule has 1 unspecified atom stereocenters. The van der Waals surface area contributed by atoms with Crippen molar-refractivity contribution >= 4 is 11.6 Å². The summed E-state index contributed by atoms with van der Waals surface area (Å²) in [5.74, 6) is 0.235. The third-order valence-corrected chi connectivity index (χ3v) is 3.33. The summed E-state index contributed by atoms with van der Waals surface area (Å²) in [5.41, 5.74) is 7.91. The third-order valence-electron chi connectivity index (χ3n) is 3.33. The maximum absolute atomic E-state index is 12.0. The van der Waals surface area contributed by atoms with E-state index in [1.54, 1.807) is 12.3 Å². The van der Waals surface area contributed by atoms with Gasteiger partial charge in [0.25, 0.3) is 5.91 Å². The van der Waals surface area contributed by atoms with E-state index in [2.05, 4.69) is 29.4 Å². The number of anilines is 1. The standard InChI is InChI=1S/C16H19N3O/c1-12(13-5-3-2-4-6-13)7-10-19-16(20)14-11-18-9-8-15(14)17/h2-6,8-9,11-12H,7,10H2,1H3,(H2,17,18)(H,19,20). The number of amides is 1. The van der Waals surface area contributed by atoms with Gasteiger partial charge in [0, 0.05) is 24.6 Å². The molecule has 2 aromatic rings. The van der Waals surface area contributed by atoms with Gasteiger partial charge in [-0.3, -0.25) is 9.78 Å². The molecule has 0 aliphatic rings. The van der Waals surface area contributed by atoms with Gasteiger partial charge in [0.05, 0.1) is 5.56 Å². The molecule has 0 fully saturated rings. The van der Waals surface area contributed by atoms with E-state index in [1.165, 1.54) is 11.8 Å². The van der Waals surface area contributed by atoms with E-state index < -0.39 is 0 Å². The van der Waals surface area contributed by atoms with Crippen molar-refractivity contribution in [2.75, 3.05) is 12.3 Å². The Bertz CT molecular complexity index is 569. The summed E-state index contributed by atoms with van der Waals surface area (Å²) in [5, 5.41) is 2.88. The van der Waals surface area contributed by atoms with Gasteiger partial charge in [0.1, 0.15) is 0 Å². The largest absolute Gasteiger partial charge is 0.398 e. The Morgan fingerprint density at radius 3 is 2.75 bits per heavy atom. The first-order valence-corrected chi connectivity index (χ1v) is 6.71. The van der Waals surface area contributed by atoms with E-state index in [9.17, 15) is 4.79 Å². The summed E-state index contributed by atoms with van der Waals surface area (Å²) >= 11 is 0. The molecule has 1 atom stereocenters. The van der Waals surface area contributed by atoms with E-state index in [1.807, 2.05) is 18.2 Å². The van der Waals surface area contributed by atoms with Crippen molar-refractivity contribution in [1.29, 1.82) is 0 Å². The van der Waals surface area contributed by atoms with Crippen LogP contribution in [0.5, 0.6) is 0 Å². The first-order valence-electron chi connectivity index (χ1n) is 6.71. The smallest absolute Gasteiger partial charge is 0.254 e. The van der Waals surface area contributed by atoms with Crippen molar-refractivity contribution in [2.24, 2.45) is 0 Å². The van der Waals surface area contributed by atoms with Crippen LogP contribution in [0.15, 0.2) is 48.8 Å². The number of nitrogen functional groups attached to an aromatic ring is 1. The van der Waals surface area contributed by atoms with Gasteiger partial charge in [0.15, 0.2) is 0 Å². The lowest BCUT2D eigenvalue weighted by molar-refractivity contribution is 0.0953. The molecule has 0 aliphatic heterocycles. The minimum absolute atomic E-state index is 0.170. The van der Waals surface area contributed by atoms with Gasteiger partial charge >= 0.3 is 0 Å². The molecular formula is C16H19N3O. The van der Waals surface area contributed by atoms with Crippen molar-refractivity contribution in [3.63, 3.8) is 0 Å². The highest BCUT2D eigenvalue weighted by atomic mass is 16.1. The molecule has 20 heavy (non-hydrogen) atoms. The van der Waals surface area contributed by atoms with Gasteiger partial charge in [-0.15, -0.1) is 0 Å². The molecule has 104 valence electrons. The second-order valence-electron chi connectivity index (χ2n) is 4.82. The number of rotatable bonds is 5. The van der Waals surface area contributed by atoms with Crippen LogP contribution in [-0.2, 0) is 0 Å². The number of hydrogen-bond acceptors (Lipinski definition) is 3. The van der Waals surface area contributed by atoms with E-state index in [0.29, 0.717) is 23.7 Å². The first kappa shape index (κ1) is 14.1. The SMILES string of the molecule is CC(CCNC(=O)c1cnccc1N)c1ccccc1. The molecule has 1 amide bonds. The molecule has 4 nitrogen and oxygen atoms in total. The van der Waals surface area contributed by atoms with E-state index in [4.69, 9.17) is 5.73 Å². The van der Waals surface area contributed by atoms with E-state index in [0.717, 1.165) is 6.42 Å². The van der Waals surface area contributed by atoms with Crippen LogP contribution in [0.1, 0.15) is 35.2 Å². The molecule has 4 heteroatoms. The minimum atomic E-state index is -0.170. The van der Waals surface area contributed by atoms with E-state index >= 15 is 0 Å². The molecule has 2 rings (SSSR count). The normalized spacial score (nSPS) is 11.8. The van der Waals surface area contributed by atoms with Gasteiger partial charge < -0.3 is 11.1 Å². The van der Waals surface area contributed by atoms with Gasteiger partial charge in [-0.05, 0) is 24.0 Å². The number of pyridine rings is 1. The highest BCUT2D eigenvalue weighted by Crippen LogP contribution is 2.17. The highest BCUT2D eigenvalue weighted by molar-refractivity contribution is 5.98. The fourth-order valence-electron chi connectivity index (χ4n) is 2.04. The lowest BCUT2D eigenvalue weighted by Gasteiger charge is -2.12. The number of nitrogens with zero attached hydrogens (tertiary/aromatic N) is 1.